The molecule has 0 atom stereocenters. The Balaban J connectivity index is 3.18. The summed E-state index contributed by atoms with van der Waals surface area (Å²) in [6.07, 6.45) is 0. The van der Waals surface area contributed by atoms with Crippen LogP contribution in [0.5, 0.6) is 0 Å². The van der Waals surface area contributed by atoms with Gasteiger partial charge in [-0.25, -0.2) is 22.0 Å². The number of nitrogens with two attached hydrogens (primary N) is 1. The summed E-state index contributed by atoms with van der Waals surface area (Å²) in [5.41, 5.74) is -0.0428. The molecular formula is C9H9BrN2O4S2. The second-order valence-corrected chi connectivity index (χ2v) is 8.17. The predicted octanol–water partition coefficient (Wildman–Crippen LogP) is 0.383. The molecule has 0 fully saturated rings. The van der Waals surface area contributed by atoms with Crippen LogP contribution >= 0.6 is 15.9 Å². The molecule has 18 heavy (non-hydrogen) atoms. The monoisotopic (exact) mass is 352 g/mol. The van der Waals surface area contributed by atoms with Crippen molar-refractivity contribution in [1.29, 1.82) is 5.26 Å². The number of hydrogen-bond acceptors (Lipinski definition) is 5. The smallest absolute Gasteiger partial charge is 0.210 e. The fourth-order valence-electron chi connectivity index (χ4n) is 1.20. The molecule has 0 aliphatic rings. The molecular weight excluding hydrogens is 344 g/mol. The SMILES string of the molecule is N#Cc1cc(Br)ccc1S(=O)(=O)CCS(N)(=O)=O. The van der Waals surface area contributed by atoms with Crippen molar-refractivity contribution in [2.75, 3.05) is 11.5 Å². The van der Waals surface area contributed by atoms with E-state index in [1.807, 2.05) is 0 Å². The molecule has 0 unspecified atom stereocenters. The Morgan fingerprint density at radius 2 is 1.83 bits per heavy atom. The minimum Gasteiger partial charge on any atom is -0.229 e. The number of sulfone groups is 1. The Bertz CT molecular complexity index is 705. The summed E-state index contributed by atoms with van der Waals surface area (Å²) in [4.78, 5) is -0.197. The van der Waals surface area contributed by atoms with Crippen LogP contribution in [-0.4, -0.2) is 28.3 Å². The lowest BCUT2D eigenvalue weighted by Gasteiger charge is -2.06. The first-order chi connectivity index (χ1) is 8.15. The van der Waals surface area contributed by atoms with Gasteiger partial charge in [0.15, 0.2) is 9.84 Å². The summed E-state index contributed by atoms with van der Waals surface area (Å²) in [7, 11) is -7.72. The second-order valence-electron chi connectivity index (χ2n) is 3.44. The van der Waals surface area contributed by atoms with Gasteiger partial charge in [-0.05, 0) is 18.2 Å². The molecule has 0 saturated carbocycles. The fourth-order valence-corrected chi connectivity index (χ4v) is 4.30. The van der Waals surface area contributed by atoms with Crippen LogP contribution in [0.15, 0.2) is 27.6 Å². The lowest BCUT2D eigenvalue weighted by Crippen LogP contribution is -2.23. The number of sulfonamides is 1. The van der Waals surface area contributed by atoms with Gasteiger partial charge in [0.1, 0.15) is 6.07 Å². The van der Waals surface area contributed by atoms with Gasteiger partial charge >= 0.3 is 0 Å². The maximum atomic E-state index is 11.9. The number of nitrogens with zero attached hydrogens (tertiary/aromatic N) is 1. The highest BCUT2D eigenvalue weighted by atomic mass is 79.9. The Morgan fingerprint density at radius 1 is 1.22 bits per heavy atom. The van der Waals surface area contributed by atoms with Gasteiger partial charge in [0.2, 0.25) is 10.0 Å². The third-order valence-electron chi connectivity index (χ3n) is 2.03. The Labute approximate surface area is 114 Å². The van der Waals surface area contributed by atoms with Crippen LogP contribution in [0.3, 0.4) is 0 Å². The second kappa shape index (κ2) is 5.36. The van der Waals surface area contributed by atoms with Crippen molar-refractivity contribution in [1.82, 2.24) is 0 Å². The summed E-state index contributed by atoms with van der Waals surface area (Å²) in [6, 6.07) is 5.81. The third kappa shape index (κ3) is 4.06. The van der Waals surface area contributed by atoms with E-state index in [0.717, 1.165) is 0 Å². The topological polar surface area (TPSA) is 118 Å². The number of halogens is 1. The zero-order valence-corrected chi connectivity index (χ0v) is 12.2. The van der Waals surface area contributed by atoms with Gasteiger partial charge < -0.3 is 0 Å². The maximum absolute atomic E-state index is 11.9. The van der Waals surface area contributed by atoms with E-state index in [1.165, 1.54) is 18.2 Å². The van der Waals surface area contributed by atoms with Gasteiger partial charge in [-0.15, -0.1) is 0 Å². The molecule has 9 heteroatoms. The van der Waals surface area contributed by atoms with Crippen LogP contribution in [0.4, 0.5) is 0 Å². The molecule has 0 saturated heterocycles. The van der Waals surface area contributed by atoms with Gasteiger partial charge in [-0.1, -0.05) is 15.9 Å². The lowest BCUT2D eigenvalue weighted by atomic mass is 10.2. The van der Waals surface area contributed by atoms with Gasteiger partial charge in [0.05, 0.1) is 22.0 Å². The Kier molecular flexibility index (Phi) is 4.50. The van der Waals surface area contributed by atoms with E-state index in [1.54, 1.807) is 6.07 Å². The Hall–Kier alpha value is -0.950. The first-order valence-electron chi connectivity index (χ1n) is 4.58. The van der Waals surface area contributed by atoms with Crippen LogP contribution in [0, 0.1) is 11.3 Å². The molecule has 6 nitrogen and oxygen atoms in total. The summed E-state index contributed by atoms with van der Waals surface area (Å²) in [6.45, 7) is 0. The number of hydrogen-bond donors (Lipinski definition) is 1. The van der Waals surface area contributed by atoms with Gasteiger partial charge in [-0.3, -0.25) is 0 Å². The largest absolute Gasteiger partial charge is 0.229 e. The molecule has 1 aromatic carbocycles. The normalized spacial score (nSPS) is 12.1. The van der Waals surface area contributed by atoms with Crippen LogP contribution < -0.4 is 5.14 Å². The van der Waals surface area contributed by atoms with Crippen LogP contribution in [0.25, 0.3) is 0 Å². The third-order valence-corrected chi connectivity index (χ3v) is 5.33. The molecule has 0 aromatic heterocycles. The average molecular weight is 353 g/mol. The molecule has 0 aliphatic carbocycles. The van der Waals surface area contributed by atoms with E-state index in [4.69, 9.17) is 10.4 Å². The molecule has 0 spiro atoms. The van der Waals surface area contributed by atoms with Crippen molar-refractivity contribution < 1.29 is 16.8 Å². The quantitative estimate of drug-likeness (QED) is 0.840. The van der Waals surface area contributed by atoms with Crippen molar-refractivity contribution in [3.05, 3.63) is 28.2 Å². The van der Waals surface area contributed by atoms with Crippen LogP contribution in [-0.2, 0) is 19.9 Å². The lowest BCUT2D eigenvalue weighted by molar-refractivity contribution is 0.588. The zero-order chi connectivity index (χ0) is 14.0. The van der Waals surface area contributed by atoms with E-state index in [2.05, 4.69) is 15.9 Å². The molecule has 0 heterocycles. The average Bonchev–Trinajstić information content (AvgIpc) is 2.25. The maximum Gasteiger partial charge on any atom is 0.210 e. The first-order valence-corrected chi connectivity index (χ1v) is 8.75. The van der Waals surface area contributed by atoms with Gasteiger partial charge in [0.25, 0.3) is 0 Å². The van der Waals surface area contributed by atoms with E-state index >= 15 is 0 Å². The molecule has 98 valence electrons. The highest BCUT2D eigenvalue weighted by molar-refractivity contribution is 9.10. The molecule has 0 radical (unpaired) electrons. The first kappa shape index (κ1) is 15.1. The van der Waals surface area contributed by atoms with E-state index in [-0.39, 0.29) is 10.5 Å². The van der Waals surface area contributed by atoms with Crippen molar-refractivity contribution in [3.8, 4) is 6.07 Å². The number of primary sulfonamides is 1. The van der Waals surface area contributed by atoms with Crippen molar-refractivity contribution in [2.24, 2.45) is 5.14 Å². The summed E-state index contributed by atoms with van der Waals surface area (Å²) in [5, 5.41) is 13.6. The summed E-state index contributed by atoms with van der Waals surface area (Å²) >= 11 is 3.11. The molecule has 2 N–H and O–H groups in total. The van der Waals surface area contributed by atoms with Crippen molar-refractivity contribution in [2.45, 2.75) is 4.90 Å². The highest BCUT2D eigenvalue weighted by Crippen LogP contribution is 2.21. The number of rotatable bonds is 4. The van der Waals surface area contributed by atoms with Crippen LogP contribution in [0.2, 0.25) is 0 Å². The van der Waals surface area contributed by atoms with Crippen molar-refractivity contribution >= 4 is 35.8 Å². The molecule has 0 aliphatic heterocycles. The highest BCUT2D eigenvalue weighted by Gasteiger charge is 2.21. The van der Waals surface area contributed by atoms with Crippen molar-refractivity contribution in [3.63, 3.8) is 0 Å². The molecule has 1 rings (SSSR count). The van der Waals surface area contributed by atoms with E-state index < -0.39 is 31.4 Å². The van der Waals surface area contributed by atoms with Crippen LogP contribution in [0.1, 0.15) is 5.56 Å². The molecule has 1 aromatic rings. The molecule has 0 bridgehead atoms. The standard InChI is InChI=1S/C9H9BrN2O4S2/c10-8-1-2-9(7(5-8)6-11)17(13,14)3-4-18(12,15)16/h1-2,5H,3-4H2,(H2,12,15,16). The fraction of sp³-hybridized carbons (Fsp3) is 0.222. The van der Waals surface area contributed by atoms with E-state index in [0.29, 0.717) is 4.47 Å². The minimum atomic E-state index is -3.86. The summed E-state index contributed by atoms with van der Waals surface area (Å²) in [5.74, 6) is -1.33. The zero-order valence-electron chi connectivity index (χ0n) is 9.00. The number of nitriles is 1. The minimum absolute atomic E-state index is 0.0428. The predicted molar refractivity (Wildman–Crippen MR) is 68.9 cm³/mol. The van der Waals surface area contributed by atoms with Gasteiger partial charge in [0, 0.05) is 4.47 Å². The van der Waals surface area contributed by atoms with E-state index in [9.17, 15) is 16.8 Å². The Morgan fingerprint density at radius 3 is 2.33 bits per heavy atom. The number of benzene rings is 1. The van der Waals surface area contributed by atoms with Gasteiger partial charge in [-0.2, -0.15) is 5.26 Å². The summed E-state index contributed by atoms with van der Waals surface area (Å²) < 4.78 is 45.8. The molecule has 0 amide bonds.